The second-order valence-corrected chi connectivity index (χ2v) is 5.40. The van der Waals surface area contributed by atoms with Gasteiger partial charge in [-0.2, -0.15) is 11.8 Å². The maximum Gasteiger partial charge on any atom is 0.239 e. The molecular weight excluding hydrogens is 196 g/mol. The van der Waals surface area contributed by atoms with Crippen LogP contribution in [0.5, 0.6) is 0 Å². The third kappa shape index (κ3) is 3.50. The Morgan fingerprint density at radius 3 is 2.50 bits per heavy atom. The Kier molecular flexibility index (Phi) is 4.75. The number of carbonyl (C=O) groups is 1. The van der Waals surface area contributed by atoms with E-state index in [4.69, 9.17) is 5.73 Å². The second kappa shape index (κ2) is 5.61. The zero-order valence-corrected chi connectivity index (χ0v) is 9.85. The molecule has 0 radical (unpaired) electrons. The van der Waals surface area contributed by atoms with Gasteiger partial charge >= 0.3 is 0 Å². The van der Waals surface area contributed by atoms with E-state index in [1.807, 2.05) is 16.7 Å². The van der Waals surface area contributed by atoms with E-state index >= 15 is 0 Å². The Morgan fingerprint density at radius 1 is 1.43 bits per heavy atom. The van der Waals surface area contributed by atoms with E-state index in [0.29, 0.717) is 5.92 Å². The SMILES string of the molecule is CC(C)C[C@H](N)C(=O)N1CCSCC1. The van der Waals surface area contributed by atoms with Gasteiger partial charge in [-0.3, -0.25) is 4.79 Å². The van der Waals surface area contributed by atoms with E-state index in [9.17, 15) is 4.79 Å². The van der Waals surface area contributed by atoms with Gasteiger partial charge in [-0.15, -0.1) is 0 Å². The average Bonchev–Trinajstić information content (AvgIpc) is 2.17. The number of nitrogens with two attached hydrogens (primary N) is 1. The lowest BCUT2D eigenvalue weighted by atomic mass is 10.0. The highest BCUT2D eigenvalue weighted by molar-refractivity contribution is 7.99. The molecule has 14 heavy (non-hydrogen) atoms. The molecule has 2 N–H and O–H groups in total. The number of hydrogen-bond acceptors (Lipinski definition) is 3. The molecule has 0 aliphatic carbocycles. The molecule has 0 saturated carbocycles. The Bertz CT molecular complexity index is 191. The van der Waals surface area contributed by atoms with Gasteiger partial charge in [0.25, 0.3) is 0 Å². The van der Waals surface area contributed by atoms with E-state index in [1.165, 1.54) is 0 Å². The minimum Gasteiger partial charge on any atom is -0.340 e. The quantitative estimate of drug-likeness (QED) is 0.763. The Hall–Kier alpha value is -0.220. The maximum absolute atomic E-state index is 11.8. The highest BCUT2D eigenvalue weighted by Gasteiger charge is 2.22. The molecule has 1 aliphatic rings. The molecule has 0 unspecified atom stereocenters. The number of amides is 1. The highest BCUT2D eigenvalue weighted by Crippen LogP contribution is 2.12. The van der Waals surface area contributed by atoms with Crippen molar-refractivity contribution in [1.82, 2.24) is 4.90 Å². The highest BCUT2D eigenvalue weighted by atomic mass is 32.2. The molecular formula is C10H20N2OS. The molecule has 0 aromatic heterocycles. The molecule has 82 valence electrons. The van der Waals surface area contributed by atoms with Gasteiger partial charge in [0.2, 0.25) is 5.91 Å². The molecule has 1 rings (SSSR count). The monoisotopic (exact) mass is 216 g/mol. The van der Waals surface area contributed by atoms with Crippen LogP contribution in [-0.4, -0.2) is 41.4 Å². The molecule has 0 aromatic carbocycles. The summed E-state index contributed by atoms with van der Waals surface area (Å²) in [7, 11) is 0. The molecule has 1 atom stereocenters. The van der Waals surface area contributed by atoms with Crippen LogP contribution in [0.25, 0.3) is 0 Å². The zero-order valence-electron chi connectivity index (χ0n) is 9.03. The molecule has 1 aliphatic heterocycles. The Morgan fingerprint density at radius 2 is 2.00 bits per heavy atom. The van der Waals surface area contributed by atoms with Crippen molar-refractivity contribution in [3.8, 4) is 0 Å². The van der Waals surface area contributed by atoms with Gasteiger partial charge < -0.3 is 10.6 Å². The number of nitrogens with zero attached hydrogens (tertiary/aromatic N) is 1. The smallest absolute Gasteiger partial charge is 0.239 e. The van der Waals surface area contributed by atoms with Crippen LogP contribution in [0, 0.1) is 5.92 Å². The lowest BCUT2D eigenvalue weighted by molar-refractivity contribution is -0.132. The predicted octanol–water partition coefficient (Wildman–Crippen LogP) is 0.935. The van der Waals surface area contributed by atoms with Crippen molar-refractivity contribution in [2.75, 3.05) is 24.6 Å². The van der Waals surface area contributed by atoms with Crippen LogP contribution in [0.1, 0.15) is 20.3 Å². The number of hydrogen-bond donors (Lipinski definition) is 1. The number of rotatable bonds is 3. The van der Waals surface area contributed by atoms with Crippen molar-refractivity contribution in [3.63, 3.8) is 0 Å². The topological polar surface area (TPSA) is 46.3 Å². The standard InChI is InChI=1S/C10H20N2OS/c1-8(2)7-9(11)10(13)12-3-5-14-6-4-12/h8-9H,3-7,11H2,1-2H3/t9-/m0/s1. The van der Waals surface area contributed by atoms with Gasteiger partial charge in [-0.05, 0) is 12.3 Å². The molecule has 1 saturated heterocycles. The number of thioether (sulfide) groups is 1. The van der Waals surface area contributed by atoms with Gasteiger partial charge in [0.05, 0.1) is 6.04 Å². The van der Waals surface area contributed by atoms with Crippen molar-refractivity contribution in [1.29, 1.82) is 0 Å². The van der Waals surface area contributed by atoms with Crippen LogP contribution in [0.4, 0.5) is 0 Å². The molecule has 1 fully saturated rings. The van der Waals surface area contributed by atoms with Crippen molar-refractivity contribution in [3.05, 3.63) is 0 Å². The van der Waals surface area contributed by atoms with E-state index < -0.39 is 0 Å². The molecule has 0 aromatic rings. The Balaban J connectivity index is 2.38. The summed E-state index contributed by atoms with van der Waals surface area (Å²) in [6.45, 7) is 5.93. The third-order valence-corrected chi connectivity index (χ3v) is 3.31. The summed E-state index contributed by atoms with van der Waals surface area (Å²) in [5.41, 5.74) is 5.85. The fourth-order valence-electron chi connectivity index (χ4n) is 1.63. The van der Waals surface area contributed by atoms with Gasteiger partial charge in [-0.25, -0.2) is 0 Å². The van der Waals surface area contributed by atoms with Crippen LogP contribution in [0.15, 0.2) is 0 Å². The van der Waals surface area contributed by atoms with Crippen molar-refractivity contribution in [2.24, 2.45) is 11.7 Å². The largest absolute Gasteiger partial charge is 0.340 e. The fourth-order valence-corrected chi connectivity index (χ4v) is 2.53. The van der Waals surface area contributed by atoms with E-state index in [-0.39, 0.29) is 11.9 Å². The third-order valence-electron chi connectivity index (χ3n) is 2.37. The summed E-state index contributed by atoms with van der Waals surface area (Å²) in [6.07, 6.45) is 0.794. The summed E-state index contributed by atoms with van der Waals surface area (Å²) in [5, 5.41) is 0. The van der Waals surface area contributed by atoms with Gasteiger partial charge in [0.1, 0.15) is 0 Å². The lowest BCUT2D eigenvalue weighted by Crippen LogP contribution is -2.47. The first kappa shape index (κ1) is 11.9. The molecule has 3 nitrogen and oxygen atoms in total. The fraction of sp³-hybridized carbons (Fsp3) is 0.900. The minimum absolute atomic E-state index is 0.138. The van der Waals surface area contributed by atoms with Gasteiger partial charge in [0, 0.05) is 24.6 Å². The van der Waals surface area contributed by atoms with E-state index in [1.54, 1.807) is 0 Å². The predicted molar refractivity (Wildman–Crippen MR) is 61.3 cm³/mol. The lowest BCUT2D eigenvalue weighted by Gasteiger charge is -2.29. The van der Waals surface area contributed by atoms with Gasteiger partial charge in [0.15, 0.2) is 0 Å². The average molecular weight is 216 g/mol. The molecule has 4 heteroatoms. The van der Waals surface area contributed by atoms with E-state index in [0.717, 1.165) is 31.0 Å². The summed E-state index contributed by atoms with van der Waals surface area (Å²) in [6, 6.07) is -0.293. The first-order valence-corrected chi connectivity index (χ1v) is 6.39. The van der Waals surface area contributed by atoms with Crippen LogP contribution in [0.3, 0.4) is 0 Å². The summed E-state index contributed by atoms with van der Waals surface area (Å²) < 4.78 is 0. The normalized spacial score (nSPS) is 19.9. The summed E-state index contributed by atoms with van der Waals surface area (Å²) in [4.78, 5) is 13.7. The van der Waals surface area contributed by atoms with Crippen LogP contribution in [-0.2, 0) is 4.79 Å². The first-order valence-electron chi connectivity index (χ1n) is 5.23. The molecule has 1 heterocycles. The minimum atomic E-state index is -0.293. The second-order valence-electron chi connectivity index (χ2n) is 4.17. The molecule has 0 spiro atoms. The van der Waals surface area contributed by atoms with Crippen molar-refractivity contribution in [2.45, 2.75) is 26.3 Å². The first-order chi connectivity index (χ1) is 6.61. The molecule has 1 amide bonds. The van der Waals surface area contributed by atoms with Crippen LogP contribution >= 0.6 is 11.8 Å². The summed E-state index contributed by atoms with van der Waals surface area (Å²) >= 11 is 1.91. The molecule has 0 bridgehead atoms. The van der Waals surface area contributed by atoms with Crippen LogP contribution < -0.4 is 5.73 Å². The number of carbonyl (C=O) groups excluding carboxylic acids is 1. The zero-order chi connectivity index (χ0) is 10.6. The van der Waals surface area contributed by atoms with Crippen LogP contribution in [0.2, 0.25) is 0 Å². The van der Waals surface area contributed by atoms with Crippen molar-refractivity contribution >= 4 is 17.7 Å². The van der Waals surface area contributed by atoms with E-state index in [2.05, 4.69) is 13.8 Å². The summed E-state index contributed by atoms with van der Waals surface area (Å²) in [5.74, 6) is 2.74. The van der Waals surface area contributed by atoms with Gasteiger partial charge in [-0.1, -0.05) is 13.8 Å². The Labute approximate surface area is 90.4 Å². The maximum atomic E-state index is 11.8. The van der Waals surface area contributed by atoms with Crippen molar-refractivity contribution < 1.29 is 4.79 Å².